The second kappa shape index (κ2) is 5.11. The van der Waals surface area contributed by atoms with Crippen LogP contribution in [0.1, 0.15) is 32.6 Å². The molecule has 3 rings (SSSR count). The average molecular weight is 274 g/mol. The molecule has 1 aliphatic rings. The van der Waals surface area contributed by atoms with Crippen LogP contribution in [0.4, 0.5) is 11.6 Å². The predicted molar refractivity (Wildman–Crippen MR) is 77.8 cm³/mol. The minimum atomic E-state index is -0.394. The van der Waals surface area contributed by atoms with Gasteiger partial charge in [-0.2, -0.15) is 0 Å². The van der Waals surface area contributed by atoms with Gasteiger partial charge in [-0.05, 0) is 24.8 Å². The molecule has 0 bridgehead atoms. The molecule has 0 aliphatic heterocycles. The van der Waals surface area contributed by atoms with Gasteiger partial charge in [0, 0.05) is 18.2 Å². The number of hydrogen-bond acceptors (Lipinski definition) is 4. The van der Waals surface area contributed by atoms with Gasteiger partial charge in [0.15, 0.2) is 0 Å². The van der Waals surface area contributed by atoms with Gasteiger partial charge in [0.1, 0.15) is 0 Å². The monoisotopic (exact) mass is 274 g/mol. The van der Waals surface area contributed by atoms with Crippen molar-refractivity contribution in [3.63, 3.8) is 0 Å². The summed E-state index contributed by atoms with van der Waals surface area (Å²) < 4.78 is 0. The Bertz CT molecular complexity index is 633. The van der Waals surface area contributed by atoms with Crippen molar-refractivity contribution in [2.45, 2.75) is 38.6 Å². The lowest BCUT2D eigenvalue weighted by Crippen LogP contribution is -2.19. The summed E-state index contributed by atoms with van der Waals surface area (Å²) >= 11 is 0. The Labute approximate surface area is 116 Å². The third-order valence-corrected chi connectivity index (χ3v) is 3.82. The first-order chi connectivity index (χ1) is 9.65. The highest BCUT2D eigenvalue weighted by atomic mass is 16.6. The lowest BCUT2D eigenvalue weighted by Gasteiger charge is -2.15. The van der Waals surface area contributed by atoms with E-state index in [4.69, 9.17) is 0 Å². The van der Waals surface area contributed by atoms with Crippen LogP contribution in [0.5, 0.6) is 0 Å². The summed E-state index contributed by atoms with van der Waals surface area (Å²) in [5.74, 6) is 1.56. The Balaban J connectivity index is 1.78. The summed E-state index contributed by atoms with van der Waals surface area (Å²) in [5.41, 5.74) is 1.53. The van der Waals surface area contributed by atoms with Crippen molar-refractivity contribution >= 4 is 22.7 Å². The van der Waals surface area contributed by atoms with Crippen molar-refractivity contribution in [1.29, 1.82) is 0 Å². The zero-order valence-corrected chi connectivity index (χ0v) is 11.4. The zero-order chi connectivity index (χ0) is 14.1. The van der Waals surface area contributed by atoms with E-state index in [0.717, 1.165) is 17.9 Å². The number of benzene rings is 1. The van der Waals surface area contributed by atoms with Gasteiger partial charge in [-0.15, -0.1) is 0 Å². The summed E-state index contributed by atoms with van der Waals surface area (Å²) in [6.07, 6.45) is 4.90. The molecule has 1 aliphatic carbocycles. The molecule has 2 aromatic rings. The van der Waals surface area contributed by atoms with E-state index in [1.807, 2.05) is 0 Å². The fourth-order valence-electron chi connectivity index (χ4n) is 2.46. The van der Waals surface area contributed by atoms with Gasteiger partial charge in [-0.25, -0.2) is 4.98 Å². The van der Waals surface area contributed by atoms with Gasteiger partial charge in [-0.3, -0.25) is 10.1 Å². The lowest BCUT2D eigenvalue weighted by atomic mass is 10.1. The Kier molecular flexibility index (Phi) is 3.30. The largest absolute Gasteiger partial charge is 0.353 e. The molecule has 1 fully saturated rings. The molecule has 106 valence electrons. The number of anilines is 1. The molecule has 0 saturated heterocycles. The number of nitro groups is 1. The smallest absolute Gasteiger partial charge is 0.271 e. The second-order valence-corrected chi connectivity index (χ2v) is 5.47. The normalized spacial score (nSPS) is 16.2. The molecular formula is C14H18N4O2. The van der Waals surface area contributed by atoms with Crippen molar-refractivity contribution in [2.24, 2.45) is 5.92 Å². The number of H-pyrrole nitrogens is 1. The maximum Gasteiger partial charge on any atom is 0.271 e. The third-order valence-electron chi connectivity index (χ3n) is 3.82. The minimum Gasteiger partial charge on any atom is -0.353 e. The summed E-state index contributed by atoms with van der Waals surface area (Å²) in [4.78, 5) is 17.9. The number of aromatic amines is 1. The lowest BCUT2D eigenvalue weighted by molar-refractivity contribution is -0.384. The molecule has 0 amide bonds. The number of rotatable bonds is 6. The quantitative estimate of drug-likeness (QED) is 0.624. The molecule has 1 heterocycles. The van der Waals surface area contributed by atoms with E-state index in [2.05, 4.69) is 22.2 Å². The van der Waals surface area contributed by atoms with Gasteiger partial charge in [-0.1, -0.05) is 19.8 Å². The highest BCUT2D eigenvalue weighted by Crippen LogP contribution is 2.34. The van der Waals surface area contributed by atoms with Gasteiger partial charge < -0.3 is 10.3 Å². The molecule has 0 radical (unpaired) electrons. The van der Waals surface area contributed by atoms with Crippen molar-refractivity contribution in [1.82, 2.24) is 9.97 Å². The van der Waals surface area contributed by atoms with Crippen LogP contribution in [0.15, 0.2) is 18.2 Å². The number of nitrogens with zero attached hydrogens (tertiary/aromatic N) is 2. The first-order valence-electron chi connectivity index (χ1n) is 7.06. The predicted octanol–water partition coefficient (Wildman–Crippen LogP) is 3.46. The van der Waals surface area contributed by atoms with Crippen molar-refractivity contribution in [3.8, 4) is 0 Å². The standard InChI is InChI=1S/C14H18N4O2/c1-2-10(7-9-3-4-9)15-14-16-12-6-5-11(18(19)20)8-13(12)17-14/h5-6,8-10H,2-4,7H2,1H3,(H2,15,16,17). The number of nitro benzene ring substituents is 1. The number of aromatic nitrogens is 2. The van der Waals surface area contributed by atoms with Crippen LogP contribution >= 0.6 is 0 Å². The molecule has 6 nitrogen and oxygen atoms in total. The van der Waals surface area contributed by atoms with Crippen LogP contribution in [0.2, 0.25) is 0 Å². The van der Waals surface area contributed by atoms with Crippen molar-refractivity contribution in [3.05, 3.63) is 28.3 Å². The van der Waals surface area contributed by atoms with E-state index in [-0.39, 0.29) is 5.69 Å². The highest BCUT2D eigenvalue weighted by molar-refractivity contribution is 5.79. The number of imidazole rings is 1. The fraction of sp³-hybridized carbons (Fsp3) is 0.500. The maximum absolute atomic E-state index is 10.8. The fourth-order valence-corrected chi connectivity index (χ4v) is 2.46. The summed E-state index contributed by atoms with van der Waals surface area (Å²) in [6, 6.07) is 5.10. The van der Waals surface area contributed by atoms with Crippen LogP contribution in [0.25, 0.3) is 11.0 Å². The topological polar surface area (TPSA) is 83.8 Å². The summed E-state index contributed by atoms with van der Waals surface area (Å²) in [6.45, 7) is 2.16. The Morgan fingerprint density at radius 1 is 1.55 bits per heavy atom. The molecular weight excluding hydrogens is 256 g/mol. The molecule has 0 spiro atoms. The Hall–Kier alpha value is -2.11. The zero-order valence-electron chi connectivity index (χ0n) is 11.4. The molecule has 1 unspecified atom stereocenters. The van der Waals surface area contributed by atoms with Crippen LogP contribution in [0.3, 0.4) is 0 Å². The van der Waals surface area contributed by atoms with E-state index in [1.165, 1.54) is 31.4 Å². The van der Waals surface area contributed by atoms with Crippen molar-refractivity contribution < 1.29 is 4.92 Å². The second-order valence-electron chi connectivity index (χ2n) is 5.47. The van der Waals surface area contributed by atoms with Gasteiger partial charge >= 0.3 is 0 Å². The van der Waals surface area contributed by atoms with Crippen LogP contribution in [-0.2, 0) is 0 Å². The number of non-ortho nitro benzene ring substituents is 1. The molecule has 6 heteroatoms. The Morgan fingerprint density at radius 2 is 2.35 bits per heavy atom. The average Bonchev–Trinajstić information content (AvgIpc) is 3.15. The van der Waals surface area contributed by atoms with E-state index < -0.39 is 4.92 Å². The van der Waals surface area contributed by atoms with E-state index in [1.54, 1.807) is 6.07 Å². The van der Waals surface area contributed by atoms with Gasteiger partial charge in [0.05, 0.1) is 16.0 Å². The minimum absolute atomic E-state index is 0.0812. The molecule has 1 saturated carbocycles. The van der Waals surface area contributed by atoms with E-state index in [0.29, 0.717) is 17.5 Å². The first kappa shape index (κ1) is 12.9. The van der Waals surface area contributed by atoms with E-state index >= 15 is 0 Å². The first-order valence-corrected chi connectivity index (χ1v) is 7.06. The number of hydrogen-bond donors (Lipinski definition) is 2. The molecule has 1 aromatic carbocycles. The molecule has 20 heavy (non-hydrogen) atoms. The van der Waals surface area contributed by atoms with Crippen LogP contribution < -0.4 is 5.32 Å². The van der Waals surface area contributed by atoms with Crippen LogP contribution in [-0.4, -0.2) is 20.9 Å². The summed E-state index contributed by atoms with van der Waals surface area (Å²) in [7, 11) is 0. The molecule has 1 atom stereocenters. The number of fused-ring (bicyclic) bond motifs is 1. The molecule has 1 aromatic heterocycles. The van der Waals surface area contributed by atoms with Crippen LogP contribution in [0, 0.1) is 16.0 Å². The van der Waals surface area contributed by atoms with Crippen molar-refractivity contribution in [2.75, 3.05) is 5.32 Å². The SMILES string of the molecule is CCC(CC1CC1)Nc1nc2ccc([N+](=O)[O-])cc2[nH]1. The molecule has 2 N–H and O–H groups in total. The maximum atomic E-state index is 10.8. The van der Waals surface area contributed by atoms with Gasteiger partial charge in [0.2, 0.25) is 5.95 Å². The van der Waals surface area contributed by atoms with E-state index in [9.17, 15) is 10.1 Å². The number of nitrogens with one attached hydrogen (secondary N) is 2. The summed E-state index contributed by atoms with van der Waals surface area (Å²) in [5, 5.41) is 14.2. The highest BCUT2D eigenvalue weighted by Gasteiger charge is 2.25. The Morgan fingerprint density at radius 3 is 3.00 bits per heavy atom. The van der Waals surface area contributed by atoms with Gasteiger partial charge in [0.25, 0.3) is 5.69 Å². The third kappa shape index (κ3) is 2.74.